The van der Waals surface area contributed by atoms with E-state index in [2.05, 4.69) is 26.6 Å². The molecule has 0 saturated carbocycles. The smallest absolute Gasteiger partial charge is 0.244 e. The molecule has 2 rings (SSSR count). The Labute approximate surface area is 215 Å². The van der Waals surface area contributed by atoms with E-state index in [9.17, 15) is 24.0 Å². The van der Waals surface area contributed by atoms with Crippen LogP contribution in [-0.4, -0.2) is 71.3 Å². The molecule has 0 aromatic carbocycles. The van der Waals surface area contributed by atoms with Gasteiger partial charge in [-0.05, 0) is 24.2 Å². The Kier molecular flexibility index (Phi) is 11.2. The third-order valence-electron chi connectivity index (χ3n) is 6.20. The minimum atomic E-state index is -0.893. The average Bonchev–Trinajstić information content (AvgIpc) is 2.77. The molecule has 0 spiro atoms. The maximum atomic E-state index is 13.3. The van der Waals surface area contributed by atoms with E-state index >= 15 is 0 Å². The van der Waals surface area contributed by atoms with Gasteiger partial charge in [0.2, 0.25) is 29.5 Å². The monoisotopic (exact) mass is 529 g/mol. The van der Waals surface area contributed by atoms with Crippen LogP contribution >= 0.6 is 21.6 Å². The molecule has 12 heteroatoms. The Morgan fingerprint density at radius 2 is 1.17 bits per heavy atom. The van der Waals surface area contributed by atoms with Crippen LogP contribution in [0.2, 0.25) is 0 Å². The highest BCUT2D eigenvalue weighted by molar-refractivity contribution is 8.76. The summed E-state index contributed by atoms with van der Waals surface area (Å²) in [5, 5.41) is 13.9. The predicted octanol–water partition coefficient (Wildman–Crippen LogP) is 0.567. The van der Waals surface area contributed by atoms with Crippen molar-refractivity contribution in [2.24, 2.45) is 17.8 Å². The lowest BCUT2D eigenvalue weighted by molar-refractivity contribution is -0.135. The van der Waals surface area contributed by atoms with E-state index in [4.69, 9.17) is 0 Å². The van der Waals surface area contributed by atoms with Crippen molar-refractivity contribution in [3.63, 3.8) is 0 Å². The first-order chi connectivity index (χ1) is 16.4. The van der Waals surface area contributed by atoms with Crippen molar-refractivity contribution >= 4 is 51.1 Å². The zero-order chi connectivity index (χ0) is 26.3. The van der Waals surface area contributed by atoms with Crippen LogP contribution in [0, 0.1) is 17.8 Å². The van der Waals surface area contributed by atoms with Gasteiger partial charge >= 0.3 is 0 Å². The van der Waals surface area contributed by atoms with Gasteiger partial charge in [-0.2, -0.15) is 0 Å². The fraction of sp³-hybridized carbons (Fsp3) is 0.783. The largest absolute Gasteiger partial charge is 0.343 e. The Morgan fingerprint density at radius 3 is 1.69 bits per heavy atom. The van der Waals surface area contributed by atoms with Crippen LogP contribution in [0.1, 0.15) is 54.4 Å². The van der Waals surface area contributed by atoms with Crippen LogP contribution in [-0.2, 0) is 24.0 Å². The Morgan fingerprint density at radius 1 is 0.686 bits per heavy atom. The van der Waals surface area contributed by atoms with Gasteiger partial charge in [0.05, 0.1) is 0 Å². The van der Waals surface area contributed by atoms with E-state index in [0.717, 1.165) is 0 Å². The Hall–Kier alpha value is -1.95. The summed E-state index contributed by atoms with van der Waals surface area (Å²) < 4.78 is 0. The molecule has 0 radical (unpaired) electrons. The summed E-state index contributed by atoms with van der Waals surface area (Å²) in [7, 11) is 2.80. The van der Waals surface area contributed by atoms with Crippen LogP contribution < -0.4 is 26.6 Å². The van der Waals surface area contributed by atoms with Gasteiger partial charge in [0.1, 0.15) is 30.2 Å². The van der Waals surface area contributed by atoms with E-state index in [-0.39, 0.29) is 17.8 Å². The molecule has 2 fully saturated rings. The lowest BCUT2D eigenvalue weighted by Gasteiger charge is -2.29. The number of rotatable bonds is 5. The van der Waals surface area contributed by atoms with Crippen LogP contribution in [0.15, 0.2) is 0 Å². The summed E-state index contributed by atoms with van der Waals surface area (Å²) in [6.07, 6.45) is 0.987. The molecule has 0 aromatic rings. The molecule has 10 nitrogen and oxygen atoms in total. The number of nitrogens with one attached hydrogen (secondary N) is 5. The molecule has 0 aliphatic carbocycles. The Bertz CT molecular complexity index is 809. The standard InChI is InChI=1S/C23H39N5O5S2/c1-7-13(6)18-23(33)26-15-9-34-35-10-16(25-20(15)30)21(31)27-17(12(4)5)22(32)24-14(8-11(2)3)19(29)28-18/h11-18H,7-10H2,1-6H3,(H,24,32)(H,25,30)(H,26,33)(H,27,31)(H,28,29)/t13-,14+,15+,16-,17+,18-/m0/s1. The second-order valence-corrected chi connectivity index (χ2v) is 12.5. The van der Waals surface area contributed by atoms with Gasteiger partial charge < -0.3 is 26.6 Å². The normalized spacial score (nSPS) is 30.2. The molecule has 198 valence electrons. The summed E-state index contributed by atoms with van der Waals surface area (Å²) in [6.45, 7) is 11.2. The van der Waals surface area contributed by atoms with E-state index < -0.39 is 59.7 Å². The first-order valence-corrected chi connectivity index (χ1v) is 14.7. The van der Waals surface area contributed by atoms with Crippen molar-refractivity contribution in [1.82, 2.24) is 26.6 Å². The zero-order valence-corrected chi connectivity index (χ0v) is 22.9. The summed E-state index contributed by atoms with van der Waals surface area (Å²) in [5.74, 6) is -2.10. The van der Waals surface area contributed by atoms with Gasteiger partial charge in [-0.1, -0.05) is 69.6 Å². The molecule has 5 N–H and O–H groups in total. The second kappa shape index (κ2) is 13.4. The van der Waals surface area contributed by atoms with Gasteiger partial charge in [-0.25, -0.2) is 0 Å². The van der Waals surface area contributed by atoms with Crippen LogP contribution in [0.3, 0.4) is 0 Å². The van der Waals surface area contributed by atoms with Crippen molar-refractivity contribution in [2.45, 2.75) is 84.6 Å². The highest BCUT2D eigenvalue weighted by Gasteiger charge is 2.37. The molecule has 2 saturated heterocycles. The quantitative estimate of drug-likeness (QED) is 0.327. The van der Waals surface area contributed by atoms with Gasteiger partial charge in [0, 0.05) is 11.5 Å². The first-order valence-electron chi connectivity index (χ1n) is 12.2. The molecule has 0 aromatic heterocycles. The fourth-order valence-electron chi connectivity index (χ4n) is 3.84. The molecular weight excluding hydrogens is 490 g/mol. The van der Waals surface area contributed by atoms with E-state index in [1.165, 1.54) is 21.6 Å². The minimum Gasteiger partial charge on any atom is -0.343 e. The third-order valence-corrected chi connectivity index (χ3v) is 8.62. The molecule has 35 heavy (non-hydrogen) atoms. The fourth-order valence-corrected chi connectivity index (χ4v) is 6.17. The van der Waals surface area contributed by atoms with Gasteiger partial charge in [-0.3, -0.25) is 24.0 Å². The van der Waals surface area contributed by atoms with Crippen molar-refractivity contribution < 1.29 is 24.0 Å². The number of amides is 5. The SMILES string of the molecule is CC[C@H](C)[C@@H]1NC(=O)[C@@H](CC(C)C)NC(=O)[C@@H](C(C)C)NC(=O)[C@@H]2CSSC[C@@H](NC1=O)C(=O)N2. The molecule has 6 atom stereocenters. The minimum absolute atomic E-state index is 0.0924. The molecule has 5 amide bonds. The summed E-state index contributed by atoms with van der Waals surface area (Å²) >= 11 is 0. The van der Waals surface area contributed by atoms with E-state index in [1.54, 1.807) is 13.8 Å². The number of fused-ring (bicyclic) bond motifs is 3. The lowest BCUT2D eigenvalue weighted by Crippen LogP contribution is -2.60. The Balaban J connectivity index is 2.49. The zero-order valence-electron chi connectivity index (χ0n) is 21.3. The number of hydrogen-bond acceptors (Lipinski definition) is 7. The van der Waals surface area contributed by atoms with Gasteiger partial charge in [-0.15, -0.1) is 0 Å². The van der Waals surface area contributed by atoms with Crippen molar-refractivity contribution in [3.05, 3.63) is 0 Å². The van der Waals surface area contributed by atoms with E-state index in [0.29, 0.717) is 24.3 Å². The molecule has 0 unspecified atom stereocenters. The van der Waals surface area contributed by atoms with Crippen molar-refractivity contribution in [1.29, 1.82) is 0 Å². The van der Waals surface area contributed by atoms with Crippen molar-refractivity contribution in [3.8, 4) is 0 Å². The van der Waals surface area contributed by atoms with Crippen molar-refractivity contribution in [2.75, 3.05) is 11.5 Å². The predicted molar refractivity (Wildman–Crippen MR) is 138 cm³/mol. The lowest BCUT2D eigenvalue weighted by atomic mass is 9.96. The summed E-state index contributed by atoms with van der Waals surface area (Å²) in [4.78, 5) is 65.8. The molecule has 2 aliphatic heterocycles. The van der Waals surface area contributed by atoms with Crippen LogP contribution in [0.25, 0.3) is 0 Å². The topological polar surface area (TPSA) is 146 Å². The third kappa shape index (κ3) is 8.30. The number of carbonyl (C=O) groups excluding carboxylic acids is 5. The maximum absolute atomic E-state index is 13.3. The summed E-state index contributed by atoms with van der Waals surface area (Å²) in [6, 6.07) is -4.38. The maximum Gasteiger partial charge on any atom is 0.244 e. The molecule has 2 aliphatic rings. The van der Waals surface area contributed by atoms with Crippen LogP contribution in [0.4, 0.5) is 0 Å². The average molecular weight is 530 g/mol. The molecule has 2 bridgehead atoms. The number of carbonyl (C=O) groups is 5. The molecular formula is C23H39N5O5S2. The molecule has 2 heterocycles. The highest BCUT2D eigenvalue weighted by Crippen LogP contribution is 2.25. The van der Waals surface area contributed by atoms with Gasteiger partial charge in [0.15, 0.2) is 0 Å². The summed E-state index contributed by atoms with van der Waals surface area (Å²) in [5.41, 5.74) is 0. The number of hydrogen-bond donors (Lipinski definition) is 5. The van der Waals surface area contributed by atoms with Crippen LogP contribution in [0.5, 0.6) is 0 Å². The van der Waals surface area contributed by atoms with Gasteiger partial charge in [0.25, 0.3) is 0 Å². The first kappa shape index (κ1) is 29.3. The second-order valence-electron chi connectivity index (χ2n) is 9.98. The van der Waals surface area contributed by atoms with E-state index in [1.807, 2.05) is 27.7 Å². The highest BCUT2D eigenvalue weighted by atomic mass is 33.1.